The maximum Gasteiger partial charge on any atom is 0.338 e. The molecule has 2 aromatic carbocycles. The quantitative estimate of drug-likeness (QED) is 0.590. The summed E-state index contributed by atoms with van der Waals surface area (Å²) < 4.78 is 33.0. The van der Waals surface area contributed by atoms with Crippen molar-refractivity contribution >= 4 is 5.97 Å². The molecular formula is C23H29NO7. The molecule has 0 aliphatic carbocycles. The van der Waals surface area contributed by atoms with E-state index in [1.807, 2.05) is 32.3 Å². The summed E-state index contributed by atoms with van der Waals surface area (Å²) in [7, 11) is 10.0. The topological polar surface area (TPSA) is 75.7 Å². The van der Waals surface area contributed by atoms with E-state index in [2.05, 4.69) is 4.90 Å². The van der Waals surface area contributed by atoms with Gasteiger partial charge in [-0.05, 0) is 44.4 Å². The number of esters is 1. The van der Waals surface area contributed by atoms with Gasteiger partial charge in [-0.3, -0.25) is 4.90 Å². The molecule has 1 aliphatic rings. The van der Waals surface area contributed by atoms with Gasteiger partial charge in [0.2, 0.25) is 5.75 Å². The van der Waals surface area contributed by atoms with Gasteiger partial charge in [0, 0.05) is 12.0 Å². The van der Waals surface area contributed by atoms with Crippen LogP contribution in [0.2, 0.25) is 0 Å². The van der Waals surface area contributed by atoms with Crippen molar-refractivity contribution < 1.29 is 33.2 Å². The summed E-state index contributed by atoms with van der Waals surface area (Å²) in [5.74, 6) is 2.17. The summed E-state index contributed by atoms with van der Waals surface area (Å²) in [6, 6.07) is 8.82. The minimum absolute atomic E-state index is 0.138. The number of fused-ring (bicyclic) bond motifs is 1. The van der Waals surface area contributed by atoms with Gasteiger partial charge >= 0.3 is 5.97 Å². The van der Waals surface area contributed by atoms with Crippen LogP contribution in [0.15, 0.2) is 30.3 Å². The molecule has 3 rings (SSSR count). The molecule has 0 N–H and O–H groups in total. The molecule has 0 aromatic heterocycles. The Hall–Kier alpha value is -3.13. The molecule has 8 heteroatoms. The third kappa shape index (κ3) is 4.20. The van der Waals surface area contributed by atoms with Gasteiger partial charge < -0.3 is 28.4 Å². The highest BCUT2D eigenvalue weighted by Crippen LogP contribution is 2.43. The van der Waals surface area contributed by atoms with E-state index >= 15 is 0 Å². The maximum atomic E-state index is 13.0. The van der Waals surface area contributed by atoms with E-state index < -0.39 is 11.5 Å². The molecule has 8 nitrogen and oxygen atoms in total. The van der Waals surface area contributed by atoms with E-state index in [-0.39, 0.29) is 6.61 Å². The van der Waals surface area contributed by atoms with Gasteiger partial charge in [-0.15, -0.1) is 0 Å². The second-order valence-electron chi connectivity index (χ2n) is 7.38. The van der Waals surface area contributed by atoms with Crippen LogP contribution < -0.4 is 23.7 Å². The van der Waals surface area contributed by atoms with Crippen molar-refractivity contribution in [1.29, 1.82) is 0 Å². The second-order valence-corrected chi connectivity index (χ2v) is 7.38. The molecule has 1 aliphatic heterocycles. The lowest BCUT2D eigenvalue weighted by molar-refractivity contribution is -0.00287. The van der Waals surface area contributed by atoms with Crippen molar-refractivity contribution in [1.82, 2.24) is 4.90 Å². The average molecular weight is 431 g/mol. The Bertz CT molecular complexity index is 919. The van der Waals surface area contributed by atoms with Gasteiger partial charge in [0.25, 0.3) is 0 Å². The van der Waals surface area contributed by atoms with Crippen LogP contribution >= 0.6 is 0 Å². The number of hydrogen-bond acceptors (Lipinski definition) is 8. The van der Waals surface area contributed by atoms with Crippen LogP contribution in [-0.4, -0.2) is 66.6 Å². The van der Waals surface area contributed by atoms with Crippen LogP contribution in [0.5, 0.6) is 28.7 Å². The molecule has 168 valence electrons. The van der Waals surface area contributed by atoms with Gasteiger partial charge in [-0.25, -0.2) is 4.79 Å². The third-order valence-corrected chi connectivity index (χ3v) is 5.66. The highest BCUT2D eigenvalue weighted by Gasteiger charge is 2.42. The predicted molar refractivity (Wildman–Crippen MR) is 115 cm³/mol. The molecule has 2 aromatic rings. The molecule has 0 fully saturated rings. The standard InChI is InChI=1S/C23H29NO7/c1-24(2)23(9-10-30-18-8-7-16(26-3)13-17(18)23)14-31-22(25)15-11-19(27-4)21(29-6)20(12-15)28-5/h7-8,11-13H,9-10,14H2,1-6H3. The van der Waals surface area contributed by atoms with Crippen molar-refractivity contribution in [2.24, 2.45) is 0 Å². The Morgan fingerprint density at radius 2 is 1.68 bits per heavy atom. The van der Waals surface area contributed by atoms with Gasteiger partial charge in [0.15, 0.2) is 11.5 Å². The predicted octanol–water partition coefficient (Wildman–Crippen LogP) is 3.12. The van der Waals surface area contributed by atoms with E-state index in [1.54, 1.807) is 19.2 Å². The van der Waals surface area contributed by atoms with Crippen LogP contribution in [0.3, 0.4) is 0 Å². The largest absolute Gasteiger partial charge is 0.497 e. The second kappa shape index (κ2) is 9.34. The van der Waals surface area contributed by atoms with Crippen LogP contribution in [0.25, 0.3) is 0 Å². The fourth-order valence-corrected chi connectivity index (χ4v) is 3.80. The zero-order chi connectivity index (χ0) is 22.6. The molecule has 0 spiro atoms. The lowest BCUT2D eigenvalue weighted by Gasteiger charge is -2.43. The smallest absolute Gasteiger partial charge is 0.338 e. The van der Waals surface area contributed by atoms with E-state index in [9.17, 15) is 4.79 Å². The summed E-state index contributed by atoms with van der Waals surface area (Å²) in [5, 5.41) is 0. The lowest BCUT2D eigenvalue weighted by Crippen LogP contribution is -2.49. The minimum Gasteiger partial charge on any atom is -0.497 e. The van der Waals surface area contributed by atoms with Crippen molar-refractivity contribution in [3.8, 4) is 28.7 Å². The maximum absolute atomic E-state index is 13.0. The monoisotopic (exact) mass is 431 g/mol. The van der Waals surface area contributed by atoms with Crippen molar-refractivity contribution in [2.45, 2.75) is 12.0 Å². The van der Waals surface area contributed by atoms with Crippen LogP contribution in [0, 0.1) is 0 Å². The Labute approximate surface area is 182 Å². The molecule has 31 heavy (non-hydrogen) atoms. The number of methoxy groups -OCH3 is 4. The van der Waals surface area contributed by atoms with Gasteiger partial charge in [-0.1, -0.05) is 0 Å². The fourth-order valence-electron chi connectivity index (χ4n) is 3.80. The average Bonchev–Trinajstić information content (AvgIpc) is 2.80. The molecule has 0 bridgehead atoms. The van der Waals surface area contributed by atoms with E-state index in [0.717, 1.165) is 11.3 Å². The number of hydrogen-bond donors (Lipinski definition) is 0. The fraction of sp³-hybridized carbons (Fsp3) is 0.435. The summed E-state index contributed by atoms with van der Waals surface area (Å²) in [6.07, 6.45) is 0.655. The first-order valence-electron chi connectivity index (χ1n) is 9.86. The molecule has 1 unspecified atom stereocenters. The summed E-state index contributed by atoms with van der Waals surface area (Å²) in [6.45, 7) is 0.651. The number of nitrogens with zero attached hydrogens (tertiary/aromatic N) is 1. The van der Waals surface area contributed by atoms with Crippen LogP contribution in [0.1, 0.15) is 22.3 Å². The van der Waals surface area contributed by atoms with E-state index in [0.29, 0.717) is 41.6 Å². The first-order valence-corrected chi connectivity index (χ1v) is 9.86. The zero-order valence-corrected chi connectivity index (χ0v) is 18.8. The number of likely N-dealkylation sites (N-methyl/N-ethyl adjacent to an activating group) is 1. The molecule has 0 saturated heterocycles. The van der Waals surface area contributed by atoms with Crippen LogP contribution in [-0.2, 0) is 10.3 Å². The number of ether oxygens (including phenoxy) is 6. The van der Waals surface area contributed by atoms with Gasteiger partial charge in [0.05, 0.1) is 46.1 Å². The summed E-state index contributed by atoms with van der Waals surface area (Å²) >= 11 is 0. The summed E-state index contributed by atoms with van der Waals surface area (Å²) in [5.41, 5.74) is 0.667. The molecule has 1 heterocycles. The highest BCUT2D eigenvalue weighted by atomic mass is 16.5. The van der Waals surface area contributed by atoms with E-state index in [1.165, 1.54) is 21.3 Å². The Kier molecular flexibility index (Phi) is 6.80. The first-order chi connectivity index (χ1) is 14.9. The minimum atomic E-state index is -0.557. The molecular weight excluding hydrogens is 402 g/mol. The Balaban J connectivity index is 1.91. The zero-order valence-electron chi connectivity index (χ0n) is 18.8. The van der Waals surface area contributed by atoms with Crippen molar-refractivity contribution in [3.05, 3.63) is 41.5 Å². The van der Waals surface area contributed by atoms with Crippen molar-refractivity contribution in [2.75, 3.05) is 55.7 Å². The summed E-state index contributed by atoms with van der Waals surface area (Å²) in [4.78, 5) is 15.0. The number of rotatable bonds is 8. The molecule has 0 radical (unpaired) electrons. The third-order valence-electron chi connectivity index (χ3n) is 5.66. The van der Waals surface area contributed by atoms with Gasteiger partial charge in [0.1, 0.15) is 18.1 Å². The lowest BCUT2D eigenvalue weighted by atomic mass is 9.84. The van der Waals surface area contributed by atoms with Gasteiger partial charge in [-0.2, -0.15) is 0 Å². The van der Waals surface area contributed by atoms with E-state index in [4.69, 9.17) is 28.4 Å². The number of carbonyl (C=O) groups is 1. The normalized spacial score (nSPS) is 17.4. The van der Waals surface area contributed by atoms with Crippen molar-refractivity contribution in [3.63, 3.8) is 0 Å². The molecule has 1 atom stereocenters. The Morgan fingerprint density at radius 3 is 2.23 bits per heavy atom. The Morgan fingerprint density at radius 1 is 1.00 bits per heavy atom. The van der Waals surface area contributed by atoms with Crippen LogP contribution in [0.4, 0.5) is 0 Å². The molecule has 0 amide bonds. The highest BCUT2D eigenvalue weighted by molar-refractivity contribution is 5.91. The number of benzene rings is 2. The SMILES string of the molecule is COc1ccc2c(c1)C(COC(=O)c1cc(OC)c(OC)c(OC)c1)(N(C)C)CCO2. The number of carbonyl (C=O) groups excluding carboxylic acids is 1. The first kappa shape index (κ1) is 22.6. The molecule has 0 saturated carbocycles.